The molecule has 1 unspecified atom stereocenters. The fraction of sp³-hybridized carbons (Fsp3) is 0.158. The van der Waals surface area contributed by atoms with E-state index in [1.165, 1.54) is 5.48 Å². The smallest absolute Gasteiger partial charge is 0.251 e. The van der Waals surface area contributed by atoms with Gasteiger partial charge in [0.05, 0.1) is 12.5 Å². The maximum absolute atomic E-state index is 12.1. The highest BCUT2D eigenvalue weighted by molar-refractivity contribution is 5.94. The number of carbonyl (C=O) groups is 2. The zero-order valence-corrected chi connectivity index (χ0v) is 13.8. The van der Waals surface area contributed by atoms with Gasteiger partial charge in [-0.15, -0.1) is 0 Å². The number of aliphatic hydroxyl groups excluding tert-OH is 1. The van der Waals surface area contributed by atoms with Crippen LogP contribution in [0.15, 0.2) is 59.0 Å². The quantitative estimate of drug-likeness (QED) is 0.400. The second-order valence-electron chi connectivity index (χ2n) is 5.83. The Hall–Kier alpha value is -3.16. The van der Waals surface area contributed by atoms with Gasteiger partial charge in [0.1, 0.15) is 11.3 Å². The predicted octanol–water partition coefficient (Wildman–Crippen LogP) is 2.09. The van der Waals surface area contributed by atoms with Gasteiger partial charge in [-0.05, 0) is 24.3 Å². The molecule has 0 aliphatic heterocycles. The summed E-state index contributed by atoms with van der Waals surface area (Å²) in [4.78, 5) is 23.0. The largest absolute Gasteiger partial charge is 0.456 e. The molecule has 2 amide bonds. The van der Waals surface area contributed by atoms with E-state index in [0.717, 1.165) is 16.5 Å². The third-order valence-corrected chi connectivity index (χ3v) is 3.90. The maximum Gasteiger partial charge on any atom is 0.251 e. The fourth-order valence-corrected chi connectivity index (χ4v) is 2.55. The van der Waals surface area contributed by atoms with Crippen molar-refractivity contribution in [1.29, 1.82) is 0 Å². The van der Waals surface area contributed by atoms with E-state index in [0.29, 0.717) is 11.3 Å². The first-order valence-corrected chi connectivity index (χ1v) is 8.05. The Bertz CT molecular complexity index is 884. The molecule has 1 heterocycles. The van der Waals surface area contributed by atoms with Crippen molar-refractivity contribution in [1.82, 2.24) is 10.8 Å². The van der Waals surface area contributed by atoms with Crippen LogP contribution in [0.5, 0.6) is 0 Å². The third kappa shape index (κ3) is 4.08. The standard InChI is InChI=1S/C19H18N2O5/c22-15(10-18(23)21-25)11-20-19(24)13-7-5-12(6-8-13)17-9-14-3-1-2-4-16(14)26-17/h1-9,15,22,25H,10-11H2,(H,20,24)(H,21,23). The molecule has 26 heavy (non-hydrogen) atoms. The molecule has 0 aliphatic rings. The average molecular weight is 354 g/mol. The molecule has 7 heteroatoms. The molecule has 0 saturated carbocycles. The number of nitrogens with one attached hydrogen (secondary N) is 2. The van der Waals surface area contributed by atoms with Crippen LogP contribution in [0.3, 0.4) is 0 Å². The Morgan fingerprint density at radius 2 is 1.81 bits per heavy atom. The maximum atomic E-state index is 12.1. The lowest BCUT2D eigenvalue weighted by molar-refractivity contribution is -0.131. The van der Waals surface area contributed by atoms with Crippen molar-refractivity contribution in [2.24, 2.45) is 0 Å². The lowest BCUT2D eigenvalue weighted by Crippen LogP contribution is -2.35. The molecule has 0 radical (unpaired) electrons. The number of fused-ring (bicyclic) bond motifs is 1. The first-order valence-electron chi connectivity index (χ1n) is 8.05. The van der Waals surface area contributed by atoms with Crippen molar-refractivity contribution in [2.45, 2.75) is 12.5 Å². The second kappa shape index (κ2) is 7.81. The van der Waals surface area contributed by atoms with Crippen LogP contribution >= 0.6 is 0 Å². The van der Waals surface area contributed by atoms with Crippen molar-refractivity contribution in [3.05, 3.63) is 60.2 Å². The molecule has 1 atom stereocenters. The normalized spacial score (nSPS) is 11.9. The van der Waals surface area contributed by atoms with Crippen LogP contribution in [0.25, 0.3) is 22.3 Å². The minimum atomic E-state index is -1.08. The van der Waals surface area contributed by atoms with Crippen molar-refractivity contribution >= 4 is 22.8 Å². The third-order valence-electron chi connectivity index (χ3n) is 3.90. The molecule has 0 aliphatic carbocycles. The Morgan fingerprint density at radius 1 is 1.08 bits per heavy atom. The summed E-state index contributed by atoms with van der Waals surface area (Å²) in [6, 6.07) is 16.5. The summed E-state index contributed by atoms with van der Waals surface area (Å²) < 4.78 is 5.79. The highest BCUT2D eigenvalue weighted by Crippen LogP contribution is 2.27. The topological polar surface area (TPSA) is 112 Å². The molecule has 0 saturated heterocycles. The lowest BCUT2D eigenvalue weighted by Gasteiger charge is -2.11. The van der Waals surface area contributed by atoms with E-state index >= 15 is 0 Å². The first kappa shape index (κ1) is 17.7. The van der Waals surface area contributed by atoms with E-state index in [9.17, 15) is 14.7 Å². The van der Waals surface area contributed by atoms with Gasteiger partial charge in [0.25, 0.3) is 5.91 Å². The summed E-state index contributed by atoms with van der Waals surface area (Å²) >= 11 is 0. The molecule has 7 nitrogen and oxygen atoms in total. The van der Waals surface area contributed by atoms with Crippen molar-refractivity contribution < 1.29 is 24.3 Å². The molecule has 134 valence electrons. The number of carbonyl (C=O) groups excluding carboxylic acids is 2. The molecular weight excluding hydrogens is 336 g/mol. The SMILES string of the molecule is O=C(CC(O)CNC(=O)c1ccc(-c2cc3ccccc3o2)cc1)NO. The highest BCUT2D eigenvalue weighted by Gasteiger charge is 2.13. The molecule has 3 aromatic rings. The monoisotopic (exact) mass is 354 g/mol. The molecule has 2 aromatic carbocycles. The van der Waals surface area contributed by atoms with Crippen molar-refractivity contribution in [3.63, 3.8) is 0 Å². The van der Waals surface area contributed by atoms with Crippen LogP contribution in [-0.2, 0) is 4.79 Å². The fourth-order valence-electron chi connectivity index (χ4n) is 2.55. The molecular formula is C19H18N2O5. The van der Waals surface area contributed by atoms with Crippen LogP contribution in [0.4, 0.5) is 0 Å². The summed E-state index contributed by atoms with van der Waals surface area (Å²) in [7, 11) is 0. The second-order valence-corrected chi connectivity index (χ2v) is 5.83. The number of hydrogen-bond acceptors (Lipinski definition) is 5. The molecule has 4 N–H and O–H groups in total. The summed E-state index contributed by atoms with van der Waals surface area (Å²) in [5, 5.41) is 21.5. The van der Waals surface area contributed by atoms with Gasteiger partial charge in [-0.1, -0.05) is 30.3 Å². The van der Waals surface area contributed by atoms with Gasteiger partial charge in [0.2, 0.25) is 5.91 Å². The summed E-state index contributed by atoms with van der Waals surface area (Å²) in [5.41, 5.74) is 3.49. The molecule has 0 fully saturated rings. The molecule has 3 rings (SSSR count). The van der Waals surface area contributed by atoms with Crippen LogP contribution in [-0.4, -0.2) is 34.8 Å². The van der Waals surface area contributed by atoms with E-state index in [2.05, 4.69) is 5.32 Å². The van der Waals surface area contributed by atoms with Crippen LogP contribution in [0.2, 0.25) is 0 Å². The molecule has 1 aromatic heterocycles. The van der Waals surface area contributed by atoms with Crippen LogP contribution in [0.1, 0.15) is 16.8 Å². The van der Waals surface area contributed by atoms with Crippen LogP contribution in [0, 0.1) is 0 Å². The number of aliphatic hydroxyl groups is 1. The van der Waals surface area contributed by atoms with E-state index in [1.807, 2.05) is 30.3 Å². The molecule has 0 bridgehead atoms. The van der Waals surface area contributed by atoms with Gasteiger partial charge in [-0.25, -0.2) is 5.48 Å². The summed E-state index contributed by atoms with van der Waals surface area (Å²) in [5.74, 6) is -0.379. The van der Waals surface area contributed by atoms with Gasteiger partial charge in [-0.2, -0.15) is 0 Å². The Balaban J connectivity index is 1.63. The van der Waals surface area contributed by atoms with Crippen LogP contribution < -0.4 is 10.8 Å². The average Bonchev–Trinajstić information content (AvgIpc) is 3.10. The van der Waals surface area contributed by atoms with E-state index < -0.39 is 12.0 Å². The first-order chi connectivity index (χ1) is 12.6. The minimum absolute atomic E-state index is 0.0996. The lowest BCUT2D eigenvalue weighted by atomic mass is 10.1. The number of para-hydroxylation sites is 1. The number of hydroxylamine groups is 1. The van der Waals surface area contributed by atoms with E-state index in [4.69, 9.17) is 9.62 Å². The number of furan rings is 1. The van der Waals surface area contributed by atoms with Crippen molar-refractivity contribution in [3.8, 4) is 11.3 Å². The zero-order valence-electron chi connectivity index (χ0n) is 13.8. The van der Waals surface area contributed by atoms with Gasteiger partial charge < -0.3 is 14.8 Å². The Kier molecular flexibility index (Phi) is 5.31. The van der Waals surface area contributed by atoms with Gasteiger partial charge >= 0.3 is 0 Å². The number of benzene rings is 2. The molecule has 0 spiro atoms. The van der Waals surface area contributed by atoms with Crippen molar-refractivity contribution in [2.75, 3.05) is 6.54 Å². The predicted molar refractivity (Wildman–Crippen MR) is 94.5 cm³/mol. The van der Waals surface area contributed by atoms with E-state index in [1.54, 1.807) is 24.3 Å². The Labute approximate surface area is 149 Å². The van der Waals surface area contributed by atoms with E-state index in [-0.39, 0.29) is 18.9 Å². The highest BCUT2D eigenvalue weighted by atomic mass is 16.5. The van der Waals surface area contributed by atoms with Gasteiger partial charge in [0.15, 0.2) is 0 Å². The summed E-state index contributed by atoms with van der Waals surface area (Å²) in [6.07, 6.45) is -1.39. The number of amides is 2. The van der Waals surface area contributed by atoms with Gasteiger partial charge in [-0.3, -0.25) is 14.8 Å². The Morgan fingerprint density at radius 3 is 2.50 bits per heavy atom. The number of rotatable bonds is 6. The minimum Gasteiger partial charge on any atom is -0.456 e. The number of hydrogen-bond donors (Lipinski definition) is 4. The zero-order chi connectivity index (χ0) is 18.5. The summed E-state index contributed by atoms with van der Waals surface area (Å²) in [6.45, 7) is -0.0996. The van der Waals surface area contributed by atoms with Gasteiger partial charge in [0, 0.05) is 23.1 Å².